The quantitative estimate of drug-likeness (QED) is 0.296. The van der Waals surface area contributed by atoms with Crippen molar-refractivity contribution < 1.29 is 4.79 Å². The third-order valence-electron chi connectivity index (χ3n) is 7.47. The first-order chi connectivity index (χ1) is 17.9. The zero-order valence-electron chi connectivity index (χ0n) is 21.9. The molecule has 1 saturated heterocycles. The third kappa shape index (κ3) is 8.10. The predicted molar refractivity (Wildman–Crippen MR) is 155 cm³/mol. The van der Waals surface area contributed by atoms with Crippen molar-refractivity contribution in [1.29, 1.82) is 0 Å². The number of benzene rings is 2. The van der Waals surface area contributed by atoms with E-state index in [0.717, 1.165) is 55.6 Å². The summed E-state index contributed by atoms with van der Waals surface area (Å²) >= 11 is 12.2. The van der Waals surface area contributed by atoms with E-state index >= 15 is 0 Å². The van der Waals surface area contributed by atoms with Gasteiger partial charge in [-0.1, -0.05) is 42.6 Å². The van der Waals surface area contributed by atoms with Crippen LogP contribution >= 0.6 is 23.2 Å². The number of aliphatic imine (C=N–C) groups is 1. The van der Waals surface area contributed by atoms with Crippen LogP contribution in [0.1, 0.15) is 61.9 Å². The highest BCUT2D eigenvalue weighted by Gasteiger charge is 2.24. The maximum absolute atomic E-state index is 12.7. The van der Waals surface area contributed by atoms with E-state index in [-0.39, 0.29) is 5.91 Å². The molecule has 2 aromatic carbocycles. The van der Waals surface area contributed by atoms with Gasteiger partial charge in [0.15, 0.2) is 5.96 Å². The van der Waals surface area contributed by atoms with E-state index in [9.17, 15) is 4.79 Å². The third-order valence-corrected chi connectivity index (χ3v) is 8.05. The summed E-state index contributed by atoms with van der Waals surface area (Å²) in [6.07, 6.45) is 6.77. The second-order valence-corrected chi connectivity index (χ2v) is 11.1. The van der Waals surface area contributed by atoms with Gasteiger partial charge in [-0.15, -0.1) is 0 Å². The molecule has 0 unspecified atom stereocenters. The van der Waals surface area contributed by atoms with Crippen LogP contribution in [0.5, 0.6) is 0 Å². The summed E-state index contributed by atoms with van der Waals surface area (Å²) in [5, 5.41) is 11.3. The lowest BCUT2D eigenvalue weighted by Crippen LogP contribution is -2.53. The highest BCUT2D eigenvalue weighted by molar-refractivity contribution is 6.35. The number of halogens is 2. The van der Waals surface area contributed by atoms with Crippen LogP contribution in [0.3, 0.4) is 0 Å². The van der Waals surface area contributed by atoms with E-state index < -0.39 is 0 Å². The molecule has 1 aliphatic heterocycles. The lowest BCUT2D eigenvalue weighted by molar-refractivity contribution is 0.0954. The molecule has 3 N–H and O–H groups in total. The van der Waals surface area contributed by atoms with E-state index in [1.807, 2.05) is 36.4 Å². The van der Waals surface area contributed by atoms with E-state index in [4.69, 9.17) is 28.2 Å². The molecule has 2 fully saturated rings. The van der Waals surface area contributed by atoms with Crippen LogP contribution < -0.4 is 16.0 Å². The highest BCUT2D eigenvalue weighted by atomic mass is 35.5. The standard InChI is InChI=1S/C29H39Cl2N5O/c1-3-21-4-10-25(11-5-21)34-29(36-17-16-32-20(2)19-36)35-26-12-7-23(8-13-26)28(37)33-15-14-22-6-9-24(30)18-27(22)31/h6-9,12-13,18,20-21,25,32H,3-5,10-11,14-17,19H2,1-2H3,(H,33,37)(H,34,35)/t20-,21?,25?/m0/s1. The predicted octanol–water partition coefficient (Wildman–Crippen LogP) is 6.00. The van der Waals surface area contributed by atoms with Crippen LogP contribution in [0.2, 0.25) is 10.0 Å². The number of hydrogen-bond donors (Lipinski definition) is 3. The van der Waals surface area contributed by atoms with Gasteiger partial charge in [-0.3, -0.25) is 4.79 Å². The zero-order valence-corrected chi connectivity index (χ0v) is 23.4. The number of guanidine groups is 1. The second-order valence-electron chi connectivity index (χ2n) is 10.3. The first kappa shape index (κ1) is 27.7. The van der Waals surface area contributed by atoms with Gasteiger partial charge in [0.1, 0.15) is 0 Å². The number of carbonyl (C=O) groups is 1. The Kier molecular flexibility index (Phi) is 10.1. The largest absolute Gasteiger partial charge is 0.352 e. The number of piperazine rings is 1. The monoisotopic (exact) mass is 543 g/mol. The van der Waals surface area contributed by atoms with Crippen molar-refractivity contribution in [3.05, 3.63) is 63.6 Å². The molecule has 0 radical (unpaired) electrons. The van der Waals surface area contributed by atoms with Crippen molar-refractivity contribution in [1.82, 2.24) is 15.5 Å². The van der Waals surface area contributed by atoms with Crippen molar-refractivity contribution >= 4 is 40.8 Å². The average Bonchev–Trinajstić information content (AvgIpc) is 2.90. The fraction of sp³-hybridized carbons (Fsp3) is 0.517. The van der Waals surface area contributed by atoms with Gasteiger partial charge in [0, 0.05) is 53.5 Å². The van der Waals surface area contributed by atoms with Gasteiger partial charge in [0.25, 0.3) is 5.91 Å². The fourth-order valence-corrected chi connectivity index (χ4v) is 5.65. The number of hydrogen-bond acceptors (Lipinski definition) is 3. The molecule has 0 spiro atoms. The molecule has 1 amide bonds. The molecule has 1 aliphatic carbocycles. The molecule has 1 heterocycles. The molecular formula is C29H39Cl2N5O. The van der Waals surface area contributed by atoms with E-state index in [2.05, 4.69) is 34.7 Å². The average molecular weight is 545 g/mol. The Morgan fingerprint density at radius 1 is 1.11 bits per heavy atom. The molecule has 2 aliphatic rings. The fourth-order valence-electron chi connectivity index (χ4n) is 5.14. The summed E-state index contributed by atoms with van der Waals surface area (Å²) in [5.74, 6) is 1.70. The summed E-state index contributed by atoms with van der Waals surface area (Å²) in [7, 11) is 0. The van der Waals surface area contributed by atoms with Gasteiger partial charge >= 0.3 is 0 Å². The molecule has 1 saturated carbocycles. The van der Waals surface area contributed by atoms with Crippen LogP contribution in [0.15, 0.2) is 47.5 Å². The van der Waals surface area contributed by atoms with E-state index in [0.29, 0.717) is 40.7 Å². The van der Waals surface area contributed by atoms with Crippen LogP contribution in [0.4, 0.5) is 5.69 Å². The Balaban J connectivity index is 1.36. The van der Waals surface area contributed by atoms with Gasteiger partial charge in [-0.2, -0.15) is 0 Å². The Bertz CT molecular complexity index is 1070. The Morgan fingerprint density at radius 2 is 1.86 bits per heavy atom. The Labute approximate surface area is 231 Å². The van der Waals surface area contributed by atoms with Crippen molar-refractivity contribution in [2.24, 2.45) is 10.9 Å². The maximum atomic E-state index is 12.7. The minimum absolute atomic E-state index is 0.103. The minimum atomic E-state index is -0.103. The summed E-state index contributed by atoms with van der Waals surface area (Å²) in [5.41, 5.74) is 2.53. The molecule has 1 atom stereocenters. The number of rotatable bonds is 7. The number of anilines is 1. The lowest BCUT2D eigenvalue weighted by atomic mass is 9.85. The smallest absolute Gasteiger partial charge is 0.251 e. The molecule has 8 heteroatoms. The molecule has 37 heavy (non-hydrogen) atoms. The molecule has 2 aromatic rings. The number of nitrogens with one attached hydrogen (secondary N) is 3. The summed E-state index contributed by atoms with van der Waals surface area (Å²) in [6, 6.07) is 13.9. The minimum Gasteiger partial charge on any atom is -0.352 e. The SMILES string of the molecule is CCC1CCC(N=C(Nc2ccc(C(=O)NCCc3ccc(Cl)cc3Cl)cc2)N2CCN[C@@H](C)C2)CC1. The van der Waals surface area contributed by atoms with Crippen LogP contribution in [0.25, 0.3) is 0 Å². The van der Waals surface area contributed by atoms with Crippen molar-refractivity contribution in [3.63, 3.8) is 0 Å². The molecule has 0 bridgehead atoms. The lowest BCUT2D eigenvalue weighted by Gasteiger charge is -2.35. The highest BCUT2D eigenvalue weighted by Crippen LogP contribution is 2.28. The van der Waals surface area contributed by atoms with Crippen molar-refractivity contribution in [3.8, 4) is 0 Å². The summed E-state index contributed by atoms with van der Waals surface area (Å²) in [4.78, 5) is 20.2. The van der Waals surface area contributed by atoms with Crippen molar-refractivity contribution in [2.45, 2.75) is 64.5 Å². The van der Waals surface area contributed by atoms with Crippen LogP contribution in [0, 0.1) is 5.92 Å². The molecule has 0 aromatic heterocycles. The van der Waals surface area contributed by atoms with E-state index in [1.165, 1.54) is 19.3 Å². The normalized spacial score (nSPS) is 22.5. The van der Waals surface area contributed by atoms with Gasteiger partial charge in [-0.25, -0.2) is 4.99 Å². The molecule has 4 rings (SSSR count). The first-order valence-electron chi connectivity index (χ1n) is 13.6. The number of carbonyl (C=O) groups excluding carboxylic acids is 1. The molecular weight excluding hydrogens is 505 g/mol. The Morgan fingerprint density at radius 3 is 2.54 bits per heavy atom. The summed E-state index contributed by atoms with van der Waals surface area (Å²) < 4.78 is 0. The molecule has 6 nitrogen and oxygen atoms in total. The van der Waals surface area contributed by atoms with Gasteiger partial charge in [0.05, 0.1) is 6.04 Å². The number of amides is 1. The summed E-state index contributed by atoms with van der Waals surface area (Å²) in [6.45, 7) is 7.81. The maximum Gasteiger partial charge on any atom is 0.251 e. The van der Waals surface area contributed by atoms with Crippen LogP contribution in [-0.4, -0.2) is 55.0 Å². The van der Waals surface area contributed by atoms with E-state index in [1.54, 1.807) is 6.07 Å². The van der Waals surface area contributed by atoms with Gasteiger partial charge in [-0.05, 0) is 86.9 Å². The van der Waals surface area contributed by atoms with Gasteiger partial charge < -0.3 is 20.9 Å². The van der Waals surface area contributed by atoms with Crippen LogP contribution in [-0.2, 0) is 6.42 Å². The Hall–Kier alpha value is -2.28. The molecule has 200 valence electrons. The zero-order chi connectivity index (χ0) is 26.2. The number of nitrogens with zero attached hydrogens (tertiary/aromatic N) is 2. The van der Waals surface area contributed by atoms with Gasteiger partial charge in [0.2, 0.25) is 0 Å². The first-order valence-corrected chi connectivity index (χ1v) is 14.3. The van der Waals surface area contributed by atoms with Crippen molar-refractivity contribution in [2.75, 3.05) is 31.5 Å². The second kappa shape index (κ2) is 13.5. The topological polar surface area (TPSA) is 68.8 Å².